The second-order valence-electron chi connectivity index (χ2n) is 7.28. The van der Waals surface area contributed by atoms with Gasteiger partial charge in [0.05, 0.1) is 17.1 Å². The zero-order chi connectivity index (χ0) is 21.8. The fourth-order valence-electron chi connectivity index (χ4n) is 3.43. The number of aryl methyl sites for hydroxylation is 2. The zero-order valence-corrected chi connectivity index (χ0v) is 18.3. The van der Waals surface area contributed by atoms with Gasteiger partial charge in [-0.25, -0.2) is 10.8 Å². The Morgan fingerprint density at radius 3 is 2.19 bits per heavy atom. The molecule has 6 heteroatoms. The maximum absolute atomic E-state index is 11.9. The van der Waals surface area contributed by atoms with E-state index in [-0.39, 0.29) is 11.7 Å². The molecule has 3 aromatic carbocycles. The monoisotopic (exact) mass is 428 g/mol. The first-order chi connectivity index (χ1) is 15.1. The number of hydrazine groups is 1. The van der Waals surface area contributed by atoms with E-state index < -0.39 is 0 Å². The van der Waals surface area contributed by atoms with Crippen molar-refractivity contribution < 1.29 is 4.79 Å². The third-order valence-electron chi connectivity index (χ3n) is 5.18. The maximum Gasteiger partial charge on any atom is 0.244 e. The smallest absolute Gasteiger partial charge is 0.244 e. The van der Waals surface area contributed by atoms with E-state index in [1.807, 2.05) is 36.4 Å². The number of hydrogen-bond donors (Lipinski definition) is 2. The van der Waals surface area contributed by atoms with Crippen LogP contribution in [0.1, 0.15) is 11.1 Å². The minimum absolute atomic E-state index is 0.181. The highest BCUT2D eigenvalue weighted by Gasteiger charge is 2.22. The van der Waals surface area contributed by atoms with Crippen LogP contribution >= 0.6 is 11.8 Å². The Hall–Kier alpha value is -3.35. The average Bonchev–Trinajstić information content (AvgIpc) is 3.20. The molecule has 4 rings (SSSR count). The first-order valence-corrected chi connectivity index (χ1v) is 11.0. The van der Waals surface area contributed by atoms with E-state index in [2.05, 4.69) is 66.3 Å². The number of nitrogens with one attached hydrogen (secondary N) is 1. The lowest BCUT2D eigenvalue weighted by Gasteiger charge is -2.14. The highest BCUT2D eigenvalue weighted by atomic mass is 32.2. The Labute approximate surface area is 186 Å². The predicted octanol–water partition coefficient (Wildman–Crippen LogP) is 4.91. The molecule has 0 aliphatic heterocycles. The second kappa shape index (κ2) is 9.20. The summed E-state index contributed by atoms with van der Waals surface area (Å²) in [5, 5.41) is 0.740. The summed E-state index contributed by atoms with van der Waals surface area (Å²) in [6, 6.07) is 26.7. The van der Waals surface area contributed by atoms with Crippen LogP contribution in [-0.2, 0) is 4.79 Å². The number of nitrogens with two attached hydrogens (primary N) is 1. The second-order valence-corrected chi connectivity index (χ2v) is 8.23. The van der Waals surface area contributed by atoms with Gasteiger partial charge in [0.25, 0.3) is 0 Å². The van der Waals surface area contributed by atoms with E-state index in [0.29, 0.717) is 0 Å². The van der Waals surface area contributed by atoms with E-state index in [0.717, 1.165) is 33.4 Å². The number of carbonyl (C=O) groups excluding carboxylic acids is 1. The van der Waals surface area contributed by atoms with E-state index in [1.54, 1.807) is 0 Å². The van der Waals surface area contributed by atoms with E-state index in [9.17, 15) is 4.79 Å². The van der Waals surface area contributed by atoms with E-state index >= 15 is 0 Å². The summed E-state index contributed by atoms with van der Waals surface area (Å²) < 4.78 is 2.14. The summed E-state index contributed by atoms with van der Waals surface area (Å²) in [5.74, 6) is 5.23. The normalized spacial score (nSPS) is 10.8. The van der Waals surface area contributed by atoms with E-state index in [1.165, 1.54) is 22.9 Å². The molecule has 0 bridgehead atoms. The third-order valence-corrected chi connectivity index (χ3v) is 6.12. The zero-order valence-electron chi connectivity index (χ0n) is 17.5. The molecule has 4 aromatic rings. The number of nitrogens with zero attached hydrogens (tertiary/aromatic N) is 2. The SMILES string of the molecule is Cc1ccc(-n2c(SCC(=O)NN)nc(-c3ccccc3)c2-c2ccccc2)cc1C. The quantitative estimate of drug-likeness (QED) is 0.198. The molecule has 3 N–H and O–H groups in total. The summed E-state index contributed by atoms with van der Waals surface area (Å²) >= 11 is 1.37. The number of carbonyl (C=O) groups is 1. The van der Waals surface area contributed by atoms with Gasteiger partial charge in [0, 0.05) is 16.8 Å². The minimum atomic E-state index is -0.248. The lowest BCUT2D eigenvalue weighted by atomic mass is 10.0. The van der Waals surface area contributed by atoms with Crippen molar-refractivity contribution in [2.45, 2.75) is 19.0 Å². The van der Waals surface area contributed by atoms with Gasteiger partial charge in [-0.15, -0.1) is 0 Å². The van der Waals surface area contributed by atoms with Crippen molar-refractivity contribution in [3.63, 3.8) is 0 Å². The van der Waals surface area contributed by atoms with Gasteiger partial charge in [-0.2, -0.15) is 0 Å². The predicted molar refractivity (Wildman–Crippen MR) is 127 cm³/mol. The first-order valence-electron chi connectivity index (χ1n) is 10.0. The lowest BCUT2D eigenvalue weighted by molar-refractivity contribution is -0.118. The van der Waals surface area contributed by atoms with Crippen LogP contribution in [0.4, 0.5) is 0 Å². The Morgan fingerprint density at radius 1 is 0.935 bits per heavy atom. The van der Waals surface area contributed by atoms with Crippen molar-refractivity contribution >= 4 is 17.7 Å². The Balaban J connectivity index is 1.99. The van der Waals surface area contributed by atoms with Crippen LogP contribution in [0.5, 0.6) is 0 Å². The number of amides is 1. The van der Waals surface area contributed by atoms with Crippen molar-refractivity contribution in [1.29, 1.82) is 0 Å². The van der Waals surface area contributed by atoms with Crippen LogP contribution in [0.3, 0.4) is 0 Å². The van der Waals surface area contributed by atoms with Gasteiger partial charge in [-0.3, -0.25) is 14.8 Å². The molecule has 0 aliphatic carbocycles. The van der Waals surface area contributed by atoms with Crippen molar-refractivity contribution in [3.8, 4) is 28.2 Å². The van der Waals surface area contributed by atoms with Crippen molar-refractivity contribution in [1.82, 2.24) is 15.0 Å². The standard InChI is InChI=1S/C25H24N4OS/c1-17-13-14-21(15-18(17)2)29-24(20-11-7-4-8-12-20)23(19-9-5-3-6-10-19)27-25(29)31-16-22(30)28-26/h3-15H,16,26H2,1-2H3,(H,28,30). The number of hydrogen-bond acceptors (Lipinski definition) is 4. The maximum atomic E-state index is 11.9. The molecule has 5 nitrogen and oxygen atoms in total. The largest absolute Gasteiger partial charge is 0.294 e. The van der Waals surface area contributed by atoms with Crippen molar-refractivity contribution in [3.05, 3.63) is 90.0 Å². The highest BCUT2D eigenvalue weighted by Crippen LogP contribution is 2.38. The highest BCUT2D eigenvalue weighted by molar-refractivity contribution is 7.99. The van der Waals surface area contributed by atoms with Gasteiger partial charge in [-0.05, 0) is 37.1 Å². The molecule has 1 aromatic heterocycles. The van der Waals surface area contributed by atoms with Crippen LogP contribution in [-0.4, -0.2) is 21.2 Å². The number of imidazole rings is 1. The van der Waals surface area contributed by atoms with E-state index in [4.69, 9.17) is 10.8 Å². The number of benzene rings is 3. The number of aromatic nitrogens is 2. The molecule has 31 heavy (non-hydrogen) atoms. The summed E-state index contributed by atoms with van der Waals surface area (Å²) in [6.07, 6.45) is 0. The molecule has 0 saturated heterocycles. The van der Waals surface area contributed by atoms with Crippen LogP contribution in [0.15, 0.2) is 84.0 Å². The molecular formula is C25H24N4OS. The molecule has 0 aliphatic rings. The van der Waals surface area contributed by atoms with Gasteiger partial charge in [0.2, 0.25) is 5.91 Å². The van der Waals surface area contributed by atoms with Crippen molar-refractivity contribution in [2.24, 2.45) is 5.84 Å². The van der Waals surface area contributed by atoms with Gasteiger partial charge in [-0.1, -0.05) is 78.5 Å². The van der Waals surface area contributed by atoms with Gasteiger partial charge < -0.3 is 0 Å². The molecule has 1 amide bonds. The molecule has 0 radical (unpaired) electrons. The molecule has 0 unspecified atom stereocenters. The number of rotatable bonds is 6. The fourth-order valence-corrected chi connectivity index (χ4v) is 4.26. The molecule has 0 saturated carbocycles. The molecule has 0 fully saturated rings. The average molecular weight is 429 g/mol. The molecule has 0 spiro atoms. The topological polar surface area (TPSA) is 72.9 Å². The van der Waals surface area contributed by atoms with Crippen molar-refractivity contribution in [2.75, 3.05) is 5.75 Å². The Bertz CT molecular complexity index is 1200. The number of thioether (sulfide) groups is 1. The Morgan fingerprint density at radius 2 is 1.58 bits per heavy atom. The van der Waals surface area contributed by atoms with Crippen LogP contribution in [0.25, 0.3) is 28.2 Å². The third kappa shape index (κ3) is 4.40. The summed E-state index contributed by atoms with van der Waals surface area (Å²) in [4.78, 5) is 16.9. The fraction of sp³-hybridized carbons (Fsp3) is 0.120. The molecule has 0 atom stereocenters. The Kier molecular flexibility index (Phi) is 6.21. The van der Waals surface area contributed by atoms with Gasteiger partial charge in [0.1, 0.15) is 0 Å². The van der Waals surface area contributed by atoms with Crippen LogP contribution < -0.4 is 11.3 Å². The lowest BCUT2D eigenvalue weighted by Crippen LogP contribution is -2.31. The summed E-state index contributed by atoms with van der Waals surface area (Å²) in [6.45, 7) is 4.20. The first kappa shape index (κ1) is 20.9. The molecule has 156 valence electrons. The van der Waals surface area contributed by atoms with Gasteiger partial charge >= 0.3 is 0 Å². The van der Waals surface area contributed by atoms with Crippen LogP contribution in [0.2, 0.25) is 0 Å². The molecule has 1 heterocycles. The van der Waals surface area contributed by atoms with Gasteiger partial charge in [0.15, 0.2) is 5.16 Å². The summed E-state index contributed by atoms with van der Waals surface area (Å²) in [5.41, 5.74) is 9.58. The summed E-state index contributed by atoms with van der Waals surface area (Å²) in [7, 11) is 0. The minimum Gasteiger partial charge on any atom is -0.294 e. The molecular weight excluding hydrogens is 404 g/mol. The van der Waals surface area contributed by atoms with Crippen LogP contribution in [0, 0.1) is 13.8 Å².